The molecule has 4 nitrogen and oxygen atoms in total. The minimum Gasteiger partial charge on any atom is -0.493 e. The lowest BCUT2D eigenvalue weighted by atomic mass is 9.56. The predicted octanol–water partition coefficient (Wildman–Crippen LogP) is 8.36. The lowest BCUT2D eigenvalue weighted by Crippen LogP contribution is -2.40. The van der Waals surface area contributed by atoms with Crippen LogP contribution in [0.2, 0.25) is 0 Å². The molecule has 0 spiro atoms. The number of rotatable bonds is 7. The van der Waals surface area contributed by atoms with Crippen LogP contribution in [0, 0.1) is 11.3 Å². The van der Waals surface area contributed by atoms with E-state index in [9.17, 15) is 4.79 Å². The number of carbonyl (C=O) groups is 1. The van der Waals surface area contributed by atoms with E-state index in [0.29, 0.717) is 28.6 Å². The van der Waals surface area contributed by atoms with Gasteiger partial charge >= 0.3 is 6.16 Å². The first kappa shape index (κ1) is 25.8. The van der Waals surface area contributed by atoms with Gasteiger partial charge in [-0.05, 0) is 78.0 Å². The van der Waals surface area contributed by atoms with E-state index >= 15 is 0 Å². The van der Waals surface area contributed by atoms with Gasteiger partial charge in [0.15, 0.2) is 11.5 Å². The average molecular weight is 487 g/mol. The fraction of sp³-hybridized carbons (Fsp3) is 0.406. The van der Waals surface area contributed by atoms with Crippen molar-refractivity contribution in [2.45, 2.75) is 65.2 Å². The number of ether oxygens (including phenoxy) is 3. The largest absolute Gasteiger partial charge is 0.519 e. The number of carbonyl (C=O) groups excluding carboxylic acids is 1. The molecule has 0 amide bonds. The smallest absolute Gasteiger partial charge is 0.493 e. The second-order valence-corrected chi connectivity index (χ2v) is 10.8. The molecule has 36 heavy (non-hydrogen) atoms. The van der Waals surface area contributed by atoms with Crippen molar-refractivity contribution in [1.82, 2.24) is 0 Å². The minimum absolute atomic E-state index is 0.0527. The maximum Gasteiger partial charge on any atom is 0.519 e. The minimum atomic E-state index is -0.782. The SMILES string of the molecule is CCCc1ccc(OC(=O)Oc2ccc(C3(c4ccccc4)CCC(C)(C)C(C)C3)cc2)c(OC)c1. The number of hydrogen-bond acceptors (Lipinski definition) is 4. The van der Waals surface area contributed by atoms with Crippen LogP contribution in [0.25, 0.3) is 0 Å². The van der Waals surface area contributed by atoms with Crippen LogP contribution in [0.4, 0.5) is 4.79 Å². The molecule has 0 aromatic heterocycles. The van der Waals surface area contributed by atoms with Gasteiger partial charge in [0, 0.05) is 5.41 Å². The molecule has 1 fully saturated rings. The van der Waals surface area contributed by atoms with Crippen LogP contribution >= 0.6 is 0 Å². The van der Waals surface area contributed by atoms with E-state index in [1.807, 2.05) is 24.3 Å². The Balaban J connectivity index is 1.52. The molecule has 1 aliphatic rings. The zero-order valence-corrected chi connectivity index (χ0v) is 22.2. The normalized spacial score (nSPS) is 21.0. The Bertz CT molecular complexity index is 1170. The van der Waals surface area contributed by atoms with Crippen molar-refractivity contribution in [3.63, 3.8) is 0 Å². The maximum atomic E-state index is 12.5. The molecule has 3 aromatic carbocycles. The number of methoxy groups -OCH3 is 1. The summed E-state index contributed by atoms with van der Waals surface area (Å²) in [7, 11) is 1.57. The third kappa shape index (κ3) is 5.43. The van der Waals surface area contributed by atoms with Crippen LogP contribution in [-0.4, -0.2) is 13.3 Å². The van der Waals surface area contributed by atoms with Crippen molar-refractivity contribution in [1.29, 1.82) is 0 Å². The highest BCUT2D eigenvalue weighted by Gasteiger charge is 2.44. The van der Waals surface area contributed by atoms with Crippen LogP contribution in [-0.2, 0) is 11.8 Å². The van der Waals surface area contributed by atoms with Crippen LogP contribution < -0.4 is 14.2 Å². The summed E-state index contributed by atoms with van der Waals surface area (Å²) < 4.78 is 16.4. The van der Waals surface area contributed by atoms with Gasteiger partial charge in [0.1, 0.15) is 5.75 Å². The average Bonchev–Trinajstić information content (AvgIpc) is 2.88. The summed E-state index contributed by atoms with van der Waals surface area (Å²) in [5, 5.41) is 0. The maximum absolute atomic E-state index is 12.5. The molecule has 1 aliphatic carbocycles. The summed E-state index contributed by atoms with van der Waals surface area (Å²) in [6.45, 7) is 9.24. The topological polar surface area (TPSA) is 44.8 Å². The molecule has 0 saturated heterocycles. The zero-order chi connectivity index (χ0) is 25.8. The van der Waals surface area contributed by atoms with Crippen LogP contribution in [0.3, 0.4) is 0 Å². The Kier molecular flexibility index (Phi) is 7.73. The molecule has 2 unspecified atom stereocenters. The van der Waals surface area contributed by atoms with E-state index in [0.717, 1.165) is 37.7 Å². The Morgan fingerprint density at radius 1 is 0.889 bits per heavy atom. The van der Waals surface area contributed by atoms with Crippen molar-refractivity contribution in [3.05, 3.63) is 89.5 Å². The third-order valence-corrected chi connectivity index (χ3v) is 8.08. The van der Waals surface area contributed by atoms with Gasteiger partial charge in [0.25, 0.3) is 0 Å². The fourth-order valence-electron chi connectivity index (χ4n) is 5.42. The van der Waals surface area contributed by atoms with Crippen molar-refractivity contribution in [2.24, 2.45) is 11.3 Å². The van der Waals surface area contributed by atoms with Gasteiger partial charge in [-0.2, -0.15) is 0 Å². The quantitative estimate of drug-likeness (QED) is 0.249. The molecule has 2 atom stereocenters. The van der Waals surface area contributed by atoms with E-state index in [-0.39, 0.29) is 5.41 Å². The van der Waals surface area contributed by atoms with E-state index in [1.54, 1.807) is 13.2 Å². The Labute approximate surface area is 215 Å². The van der Waals surface area contributed by atoms with Gasteiger partial charge in [-0.15, -0.1) is 0 Å². The Morgan fingerprint density at radius 3 is 2.22 bits per heavy atom. The molecular formula is C32H38O4. The first-order chi connectivity index (χ1) is 17.3. The van der Waals surface area contributed by atoms with E-state index < -0.39 is 6.16 Å². The van der Waals surface area contributed by atoms with Gasteiger partial charge in [0.2, 0.25) is 0 Å². The summed E-state index contributed by atoms with van der Waals surface area (Å²) in [5.41, 5.74) is 4.01. The predicted molar refractivity (Wildman–Crippen MR) is 144 cm³/mol. The Hall–Kier alpha value is -3.27. The molecule has 190 valence electrons. The number of benzene rings is 3. The molecule has 0 radical (unpaired) electrons. The standard InChI is InChI=1S/C32H38O4/c1-6-10-24-13-18-28(29(21-24)34-5)36-30(33)35-27-16-14-26(15-17-27)32(25-11-8-7-9-12-25)20-19-31(3,4)23(2)22-32/h7-9,11-18,21,23H,6,10,19-20,22H2,1-5H3. The van der Waals surface area contributed by atoms with E-state index in [1.165, 1.54) is 11.1 Å². The first-order valence-electron chi connectivity index (χ1n) is 13.0. The van der Waals surface area contributed by atoms with Crippen molar-refractivity contribution in [2.75, 3.05) is 7.11 Å². The molecule has 0 bridgehead atoms. The Morgan fingerprint density at radius 2 is 1.58 bits per heavy atom. The van der Waals surface area contributed by atoms with Crippen LogP contribution in [0.1, 0.15) is 70.1 Å². The van der Waals surface area contributed by atoms with Gasteiger partial charge in [-0.3, -0.25) is 0 Å². The first-order valence-corrected chi connectivity index (χ1v) is 13.0. The highest BCUT2D eigenvalue weighted by atomic mass is 16.7. The molecule has 0 heterocycles. The highest BCUT2D eigenvalue weighted by Crippen LogP contribution is 2.53. The van der Waals surface area contributed by atoms with Crippen molar-refractivity contribution < 1.29 is 19.0 Å². The van der Waals surface area contributed by atoms with Crippen molar-refractivity contribution in [3.8, 4) is 17.2 Å². The van der Waals surface area contributed by atoms with E-state index in [4.69, 9.17) is 14.2 Å². The monoisotopic (exact) mass is 486 g/mol. The van der Waals surface area contributed by atoms with Crippen LogP contribution in [0.5, 0.6) is 17.2 Å². The van der Waals surface area contributed by atoms with Gasteiger partial charge in [0.05, 0.1) is 7.11 Å². The molecular weight excluding hydrogens is 448 g/mol. The van der Waals surface area contributed by atoms with Gasteiger partial charge in [-0.1, -0.05) is 82.6 Å². The van der Waals surface area contributed by atoms with E-state index in [2.05, 4.69) is 70.2 Å². The summed E-state index contributed by atoms with van der Waals surface area (Å²) in [6, 6.07) is 24.3. The number of aryl methyl sites for hydroxylation is 1. The van der Waals surface area contributed by atoms with Gasteiger partial charge < -0.3 is 14.2 Å². The molecule has 3 aromatic rings. The second kappa shape index (κ2) is 10.8. The molecule has 4 heteroatoms. The molecule has 1 saturated carbocycles. The fourth-order valence-corrected chi connectivity index (χ4v) is 5.42. The molecule has 0 aliphatic heterocycles. The lowest BCUT2D eigenvalue weighted by molar-refractivity contribution is 0.107. The summed E-state index contributed by atoms with van der Waals surface area (Å²) in [6.07, 6.45) is 4.52. The number of hydrogen-bond donors (Lipinski definition) is 0. The summed E-state index contributed by atoms with van der Waals surface area (Å²) in [5.74, 6) is 1.90. The second-order valence-electron chi connectivity index (χ2n) is 10.8. The lowest BCUT2D eigenvalue weighted by Gasteiger charge is -2.48. The zero-order valence-electron chi connectivity index (χ0n) is 22.2. The molecule has 0 N–H and O–H groups in total. The van der Waals surface area contributed by atoms with Crippen LogP contribution in [0.15, 0.2) is 72.8 Å². The highest BCUT2D eigenvalue weighted by molar-refractivity contribution is 5.68. The summed E-state index contributed by atoms with van der Waals surface area (Å²) >= 11 is 0. The van der Waals surface area contributed by atoms with Crippen molar-refractivity contribution >= 4 is 6.16 Å². The summed E-state index contributed by atoms with van der Waals surface area (Å²) in [4.78, 5) is 12.5. The third-order valence-electron chi connectivity index (χ3n) is 8.08. The van der Waals surface area contributed by atoms with Gasteiger partial charge in [-0.25, -0.2) is 4.79 Å². The molecule has 4 rings (SSSR count).